The Hall–Kier alpha value is -3.34. The fraction of sp³-hybridized carbons (Fsp3) is 0.143. The van der Waals surface area contributed by atoms with E-state index in [1.165, 1.54) is 0 Å². The Morgan fingerprint density at radius 3 is 2.46 bits per heavy atom. The molecule has 0 aliphatic carbocycles. The van der Waals surface area contributed by atoms with Crippen molar-refractivity contribution in [1.29, 1.82) is 0 Å². The first-order chi connectivity index (χ1) is 12.8. The number of rotatable bonds is 8. The quantitative estimate of drug-likeness (QED) is 0.571. The lowest BCUT2D eigenvalue weighted by Gasteiger charge is -2.21. The molecule has 0 radical (unpaired) electrons. The minimum Gasteiger partial charge on any atom is -0.492 e. The zero-order valence-corrected chi connectivity index (χ0v) is 14.5. The molecule has 1 heterocycles. The molecule has 0 N–H and O–H groups in total. The second-order valence-electron chi connectivity index (χ2n) is 5.70. The van der Waals surface area contributed by atoms with Crippen molar-refractivity contribution in [2.75, 3.05) is 25.1 Å². The van der Waals surface area contributed by atoms with Gasteiger partial charge in [0.2, 0.25) is 0 Å². The van der Waals surface area contributed by atoms with E-state index in [-0.39, 0.29) is 0 Å². The molecule has 0 saturated heterocycles. The fourth-order valence-corrected chi connectivity index (χ4v) is 2.41. The first-order valence-electron chi connectivity index (χ1n) is 8.33. The van der Waals surface area contributed by atoms with Gasteiger partial charge in [-0.15, -0.1) is 0 Å². The number of aromatic nitrogens is 1. The Bertz CT molecular complexity index is 835. The monoisotopic (exact) mass is 348 g/mol. The Balaban J connectivity index is 1.60. The van der Waals surface area contributed by atoms with E-state index in [1.807, 2.05) is 54.4 Å². The van der Waals surface area contributed by atoms with E-state index in [9.17, 15) is 4.79 Å². The molecule has 0 amide bonds. The average Bonchev–Trinajstić information content (AvgIpc) is 2.69. The van der Waals surface area contributed by atoms with Gasteiger partial charge < -0.3 is 14.4 Å². The molecular formula is C21H20N2O3. The summed E-state index contributed by atoms with van der Waals surface area (Å²) < 4.78 is 11.7. The second-order valence-corrected chi connectivity index (χ2v) is 5.70. The molecule has 0 bridgehead atoms. The zero-order valence-electron chi connectivity index (χ0n) is 14.5. The van der Waals surface area contributed by atoms with E-state index < -0.39 is 0 Å². The lowest BCUT2D eigenvalue weighted by Crippen LogP contribution is -2.25. The molecule has 3 aromatic rings. The highest BCUT2D eigenvalue weighted by Crippen LogP contribution is 2.29. The maximum Gasteiger partial charge on any atom is 0.171 e. The van der Waals surface area contributed by atoms with E-state index in [0.29, 0.717) is 24.5 Å². The lowest BCUT2D eigenvalue weighted by molar-refractivity contribution is 0.112. The van der Waals surface area contributed by atoms with Gasteiger partial charge in [-0.05, 0) is 48.5 Å². The number of ether oxygens (including phenoxy) is 2. The van der Waals surface area contributed by atoms with Crippen LogP contribution in [0.3, 0.4) is 0 Å². The van der Waals surface area contributed by atoms with Crippen LogP contribution in [0, 0.1) is 0 Å². The van der Waals surface area contributed by atoms with Crippen molar-refractivity contribution in [2.24, 2.45) is 0 Å². The Morgan fingerprint density at radius 2 is 1.73 bits per heavy atom. The molecule has 2 aromatic carbocycles. The Morgan fingerprint density at radius 1 is 0.962 bits per heavy atom. The number of pyridine rings is 1. The molecule has 0 spiro atoms. The summed E-state index contributed by atoms with van der Waals surface area (Å²) in [7, 11) is 1.94. The third kappa shape index (κ3) is 4.60. The predicted octanol–water partition coefficient (Wildman–Crippen LogP) is 4.20. The van der Waals surface area contributed by atoms with Gasteiger partial charge in [0.05, 0.1) is 6.54 Å². The van der Waals surface area contributed by atoms with Crippen molar-refractivity contribution in [1.82, 2.24) is 4.98 Å². The van der Waals surface area contributed by atoms with E-state index in [1.54, 1.807) is 30.5 Å². The van der Waals surface area contributed by atoms with Gasteiger partial charge in [-0.25, -0.2) is 4.98 Å². The first kappa shape index (κ1) is 17.5. The second kappa shape index (κ2) is 8.67. The van der Waals surface area contributed by atoms with Gasteiger partial charge in [0, 0.05) is 18.8 Å². The molecule has 0 atom stereocenters. The van der Waals surface area contributed by atoms with E-state index >= 15 is 0 Å². The summed E-state index contributed by atoms with van der Waals surface area (Å²) in [5.74, 6) is 2.93. The van der Waals surface area contributed by atoms with Crippen molar-refractivity contribution in [3.05, 3.63) is 78.5 Å². The van der Waals surface area contributed by atoms with Crippen LogP contribution in [0.15, 0.2) is 72.9 Å². The summed E-state index contributed by atoms with van der Waals surface area (Å²) >= 11 is 0. The summed E-state index contributed by atoms with van der Waals surface area (Å²) in [6.07, 6.45) is 2.55. The lowest BCUT2D eigenvalue weighted by atomic mass is 10.2. The molecule has 0 aliphatic heterocycles. The number of likely N-dealkylation sites (N-methyl/N-ethyl adjacent to an activating group) is 1. The van der Waals surface area contributed by atoms with Gasteiger partial charge in [-0.1, -0.05) is 18.2 Å². The van der Waals surface area contributed by atoms with Crippen LogP contribution in [0.25, 0.3) is 0 Å². The number of carbonyl (C=O) groups is 1. The van der Waals surface area contributed by atoms with Crippen molar-refractivity contribution in [3.8, 4) is 17.2 Å². The van der Waals surface area contributed by atoms with Gasteiger partial charge in [0.25, 0.3) is 0 Å². The highest BCUT2D eigenvalue weighted by Gasteiger charge is 2.11. The Kier molecular flexibility index (Phi) is 5.83. The van der Waals surface area contributed by atoms with Gasteiger partial charge in [-0.3, -0.25) is 4.79 Å². The third-order valence-electron chi connectivity index (χ3n) is 3.80. The topological polar surface area (TPSA) is 51.7 Å². The van der Waals surface area contributed by atoms with Crippen LogP contribution < -0.4 is 14.4 Å². The number of nitrogens with zero attached hydrogens (tertiary/aromatic N) is 2. The largest absolute Gasteiger partial charge is 0.492 e. The van der Waals surface area contributed by atoms with E-state index in [0.717, 1.165) is 23.6 Å². The number of hydrogen-bond acceptors (Lipinski definition) is 5. The molecule has 0 fully saturated rings. The van der Waals surface area contributed by atoms with Crippen LogP contribution >= 0.6 is 0 Å². The maximum absolute atomic E-state index is 10.7. The van der Waals surface area contributed by atoms with Crippen LogP contribution in [0.1, 0.15) is 10.4 Å². The summed E-state index contributed by atoms with van der Waals surface area (Å²) in [5.41, 5.74) is 0.630. The number of para-hydroxylation sites is 1. The highest BCUT2D eigenvalue weighted by atomic mass is 16.5. The zero-order chi connectivity index (χ0) is 18.2. The average molecular weight is 348 g/mol. The van der Waals surface area contributed by atoms with Crippen LogP contribution in [-0.4, -0.2) is 31.5 Å². The predicted molar refractivity (Wildman–Crippen MR) is 101 cm³/mol. The number of hydrogen-bond donors (Lipinski definition) is 0. The number of anilines is 1. The summed E-state index contributed by atoms with van der Waals surface area (Å²) in [6, 6.07) is 20.4. The van der Waals surface area contributed by atoms with E-state index in [2.05, 4.69) is 4.98 Å². The molecule has 26 heavy (non-hydrogen) atoms. The molecule has 0 saturated carbocycles. The van der Waals surface area contributed by atoms with Crippen molar-refractivity contribution in [3.63, 3.8) is 0 Å². The van der Waals surface area contributed by atoms with Gasteiger partial charge in [0.1, 0.15) is 24.4 Å². The summed E-state index contributed by atoms with van der Waals surface area (Å²) in [5, 5.41) is 0. The summed E-state index contributed by atoms with van der Waals surface area (Å²) in [4.78, 5) is 17.1. The maximum atomic E-state index is 10.7. The molecule has 0 aliphatic rings. The summed E-state index contributed by atoms with van der Waals surface area (Å²) in [6.45, 7) is 1.12. The van der Waals surface area contributed by atoms with E-state index in [4.69, 9.17) is 9.47 Å². The molecule has 0 unspecified atom stereocenters. The number of benzene rings is 2. The standard InChI is InChI=1S/C21H20N2O3/c1-23(14-15-25-18-11-9-17(16-24)10-12-18)21-20(8-5-13-22-21)26-19-6-3-2-4-7-19/h2-13,16H,14-15H2,1H3. The van der Waals surface area contributed by atoms with Crippen LogP contribution in [0.5, 0.6) is 17.2 Å². The minimum atomic E-state index is 0.484. The molecule has 5 heteroatoms. The third-order valence-corrected chi connectivity index (χ3v) is 3.80. The Labute approximate surface area is 152 Å². The van der Waals surface area contributed by atoms with Gasteiger partial charge in [0.15, 0.2) is 11.6 Å². The molecule has 1 aromatic heterocycles. The fourth-order valence-electron chi connectivity index (χ4n) is 2.41. The normalized spacial score (nSPS) is 10.2. The van der Waals surface area contributed by atoms with Gasteiger partial charge >= 0.3 is 0 Å². The molecule has 132 valence electrons. The first-order valence-corrected chi connectivity index (χ1v) is 8.33. The highest BCUT2D eigenvalue weighted by molar-refractivity contribution is 5.74. The van der Waals surface area contributed by atoms with Crippen LogP contribution in [0.2, 0.25) is 0 Å². The van der Waals surface area contributed by atoms with Crippen LogP contribution in [0.4, 0.5) is 5.82 Å². The minimum absolute atomic E-state index is 0.484. The van der Waals surface area contributed by atoms with Crippen molar-refractivity contribution < 1.29 is 14.3 Å². The van der Waals surface area contributed by atoms with Crippen LogP contribution in [-0.2, 0) is 0 Å². The SMILES string of the molecule is CN(CCOc1ccc(C=O)cc1)c1ncccc1Oc1ccccc1. The number of aldehydes is 1. The molecule has 3 rings (SSSR count). The van der Waals surface area contributed by atoms with Crippen molar-refractivity contribution >= 4 is 12.1 Å². The molecular weight excluding hydrogens is 328 g/mol. The van der Waals surface area contributed by atoms with Crippen molar-refractivity contribution in [2.45, 2.75) is 0 Å². The smallest absolute Gasteiger partial charge is 0.171 e. The molecule has 5 nitrogen and oxygen atoms in total. The van der Waals surface area contributed by atoms with Gasteiger partial charge in [-0.2, -0.15) is 0 Å². The number of carbonyl (C=O) groups excluding carboxylic acids is 1.